The van der Waals surface area contributed by atoms with Crippen LogP contribution in [0, 0.1) is 11.3 Å². The van der Waals surface area contributed by atoms with Gasteiger partial charge in [0.25, 0.3) is 0 Å². The van der Waals surface area contributed by atoms with Crippen LogP contribution >= 0.6 is 0 Å². The summed E-state index contributed by atoms with van der Waals surface area (Å²) in [6.45, 7) is 2.82. The Balaban J connectivity index is 0. The number of aliphatic hydroxyl groups excluding tert-OH is 2. The van der Waals surface area contributed by atoms with E-state index < -0.39 is 6.10 Å². The van der Waals surface area contributed by atoms with Gasteiger partial charge >= 0.3 is 0 Å². The van der Waals surface area contributed by atoms with Crippen LogP contribution in [0.2, 0.25) is 0 Å². The molecule has 1 atom stereocenters. The fourth-order valence-electron chi connectivity index (χ4n) is 0. The lowest BCUT2D eigenvalue weighted by atomic mass is 10.5. The highest BCUT2D eigenvalue weighted by molar-refractivity contribution is 4.51. The molecule has 0 amide bonds. The van der Waals surface area contributed by atoms with Gasteiger partial charge in [-0.05, 0) is 6.92 Å². The maximum Gasteiger partial charge on any atom is 0.0742 e. The lowest BCUT2D eigenvalue weighted by Crippen LogP contribution is -2.03. The van der Waals surface area contributed by atoms with E-state index in [1.807, 2.05) is 0 Å². The van der Waals surface area contributed by atoms with E-state index in [0.29, 0.717) is 0 Å². The van der Waals surface area contributed by atoms with Gasteiger partial charge in [0, 0.05) is 6.92 Å². The molecule has 0 aliphatic heterocycles. The molecule has 0 saturated carbocycles. The van der Waals surface area contributed by atoms with E-state index in [1.54, 1.807) is 6.07 Å². The zero-order valence-corrected chi connectivity index (χ0v) is 5.13. The Morgan fingerprint density at radius 2 is 1.88 bits per heavy atom. The third kappa shape index (κ3) is 52.9. The van der Waals surface area contributed by atoms with Gasteiger partial charge in [0.05, 0.1) is 18.8 Å². The molecule has 0 spiro atoms. The molecule has 2 N–H and O–H groups in total. The lowest BCUT2D eigenvalue weighted by molar-refractivity contribution is 0.110. The molecule has 8 heavy (non-hydrogen) atoms. The molecule has 48 valence electrons. The first-order valence-corrected chi connectivity index (χ1v) is 2.28. The molecule has 0 unspecified atom stereocenters. The highest BCUT2D eigenvalue weighted by atomic mass is 16.3. The van der Waals surface area contributed by atoms with E-state index in [0.717, 1.165) is 0 Å². The van der Waals surface area contributed by atoms with Gasteiger partial charge in [-0.2, -0.15) is 5.26 Å². The molecule has 0 bridgehead atoms. The molecule has 0 aromatic heterocycles. The lowest BCUT2D eigenvalue weighted by Gasteiger charge is -1.90. The van der Waals surface area contributed by atoms with Gasteiger partial charge in [-0.25, -0.2) is 0 Å². The molecule has 3 heteroatoms. The van der Waals surface area contributed by atoms with Crippen molar-refractivity contribution in [3.05, 3.63) is 0 Å². The summed E-state index contributed by atoms with van der Waals surface area (Å²) < 4.78 is 0. The van der Waals surface area contributed by atoms with Crippen molar-refractivity contribution < 1.29 is 10.2 Å². The monoisotopic (exact) mass is 117 g/mol. The van der Waals surface area contributed by atoms with Gasteiger partial charge < -0.3 is 10.2 Å². The Morgan fingerprint density at radius 1 is 1.75 bits per heavy atom. The number of rotatable bonds is 1. The van der Waals surface area contributed by atoms with Gasteiger partial charge in [0.1, 0.15) is 0 Å². The van der Waals surface area contributed by atoms with Crippen molar-refractivity contribution in [2.24, 2.45) is 0 Å². The van der Waals surface area contributed by atoms with Crippen molar-refractivity contribution >= 4 is 0 Å². The van der Waals surface area contributed by atoms with Crippen LogP contribution in [0.4, 0.5) is 0 Å². The molecular formula is C5H11NO2. The van der Waals surface area contributed by atoms with Crippen LogP contribution in [0.15, 0.2) is 0 Å². The van der Waals surface area contributed by atoms with E-state index >= 15 is 0 Å². The molecule has 0 aliphatic carbocycles. The van der Waals surface area contributed by atoms with Crippen molar-refractivity contribution in [2.45, 2.75) is 20.0 Å². The predicted molar refractivity (Wildman–Crippen MR) is 30.1 cm³/mol. The second-order valence-electron chi connectivity index (χ2n) is 1.26. The van der Waals surface area contributed by atoms with E-state index in [2.05, 4.69) is 0 Å². The van der Waals surface area contributed by atoms with Gasteiger partial charge in [-0.1, -0.05) is 0 Å². The SMILES string of the molecule is CC#N.C[C@@H](O)CO. The Kier molecular flexibility index (Phi) is 12.5. The molecule has 0 aromatic rings. The second-order valence-corrected chi connectivity index (χ2v) is 1.26. The molecule has 3 nitrogen and oxygen atoms in total. The van der Waals surface area contributed by atoms with Crippen molar-refractivity contribution in [1.29, 1.82) is 5.26 Å². The highest BCUT2D eigenvalue weighted by Gasteiger charge is 1.83. The van der Waals surface area contributed by atoms with Crippen LogP contribution in [0.5, 0.6) is 0 Å². The summed E-state index contributed by atoms with van der Waals surface area (Å²) in [4.78, 5) is 0. The average molecular weight is 117 g/mol. The van der Waals surface area contributed by atoms with Crippen LogP contribution in [0.1, 0.15) is 13.8 Å². The Morgan fingerprint density at radius 3 is 1.88 bits per heavy atom. The summed E-state index contributed by atoms with van der Waals surface area (Å²) in [7, 11) is 0. The van der Waals surface area contributed by atoms with Gasteiger partial charge in [0.2, 0.25) is 0 Å². The summed E-state index contributed by atoms with van der Waals surface area (Å²) in [6.07, 6.45) is -0.560. The normalized spacial score (nSPS) is 10.4. The summed E-state index contributed by atoms with van der Waals surface area (Å²) in [6, 6.07) is 1.75. The van der Waals surface area contributed by atoms with Gasteiger partial charge in [0.15, 0.2) is 0 Å². The molecule has 0 aliphatic rings. The van der Waals surface area contributed by atoms with E-state index in [9.17, 15) is 0 Å². The van der Waals surface area contributed by atoms with E-state index in [-0.39, 0.29) is 6.61 Å². The summed E-state index contributed by atoms with van der Waals surface area (Å²) in [5.74, 6) is 0. The maximum absolute atomic E-state index is 8.11. The third-order valence-electron chi connectivity index (χ3n) is 0.264. The fourth-order valence-corrected chi connectivity index (χ4v) is 0. The zero-order valence-electron chi connectivity index (χ0n) is 5.13. The van der Waals surface area contributed by atoms with Crippen LogP contribution in [0.3, 0.4) is 0 Å². The Hall–Kier alpha value is -0.590. The van der Waals surface area contributed by atoms with E-state index in [4.69, 9.17) is 15.5 Å². The largest absolute Gasteiger partial charge is 0.394 e. The summed E-state index contributed by atoms with van der Waals surface area (Å²) in [5.41, 5.74) is 0. The van der Waals surface area contributed by atoms with Crippen molar-refractivity contribution in [3.8, 4) is 6.07 Å². The highest BCUT2D eigenvalue weighted by Crippen LogP contribution is 1.68. The number of nitrogens with zero attached hydrogens (tertiary/aromatic N) is 1. The number of hydrogen-bond donors (Lipinski definition) is 2. The predicted octanol–water partition coefficient (Wildman–Crippen LogP) is -0.111. The molecule has 0 saturated heterocycles. The molecule has 0 fully saturated rings. The second kappa shape index (κ2) is 9.65. The average Bonchev–Trinajstić information content (AvgIpc) is 1.69. The van der Waals surface area contributed by atoms with Gasteiger partial charge in [-0.3, -0.25) is 0 Å². The zero-order chi connectivity index (χ0) is 6.99. The standard InChI is InChI=1S/C3H8O2.C2H3N/c1-3(5)2-4;1-2-3/h3-5H,2H2,1H3;1H3/t3-;/m1./s1. The molecule has 0 rings (SSSR count). The third-order valence-corrected chi connectivity index (χ3v) is 0.264. The molecule has 0 heterocycles. The Labute approximate surface area is 49.2 Å². The van der Waals surface area contributed by atoms with Crippen molar-refractivity contribution in [2.75, 3.05) is 6.61 Å². The summed E-state index contributed by atoms with van der Waals surface area (Å²) in [5, 5.41) is 23.3. The minimum atomic E-state index is -0.560. The molecule has 0 radical (unpaired) electrons. The van der Waals surface area contributed by atoms with Gasteiger partial charge in [-0.15, -0.1) is 0 Å². The van der Waals surface area contributed by atoms with Crippen LogP contribution in [-0.4, -0.2) is 22.9 Å². The first kappa shape index (κ1) is 10.4. The first-order chi connectivity index (χ1) is 3.68. The van der Waals surface area contributed by atoms with Crippen LogP contribution in [-0.2, 0) is 0 Å². The Bertz CT molecular complexity index is 65.3. The topological polar surface area (TPSA) is 64.2 Å². The summed E-state index contributed by atoms with van der Waals surface area (Å²) >= 11 is 0. The smallest absolute Gasteiger partial charge is 0.0742 e. The fraction of sp³-hybridized carbons (Fsp3) is 0.800. The molecular weight excluding hydrogens is 106 g/mol. The number of aliphatic hydroxyl groups is 2. The minimum absolute atomic E-state index is 0.139. The van der Waals surface area contributed by atoms with Crippen molar-refractivity contribution in [3.63, 3.8) is 0 Å². The first-order valence-electron chi connectivity index (χ1n) is 2.28. The van der Waals surface area contributed by atoms with Crippen LogP contribution < -0.4 is 0 Å². The molecule has 0 aromatic carbocycles. The quantitative estimate of drug-likeness (QED) is 0.503. The van der Waals surface area contributed by atoms with Crippen LogP contribution in [0.25, 0.3) is 0 Å². The maximum atomic E-state index is 8.11. The number of nitriles is 1. The van der Waals surface area contributed by atoms with Crippen molar-refractivity contribution in [1.82, 2.24) is 0 Å². The van der Waals surface area contributed by atoms with E-state index in [1.165, 1.54) is 13.8 Å². The minimum Gasteiger partial charge on any atom is -0.394 e. The number of hydrogen-bond acceptors (Lipinski definition) is 3.